The van der Waals surface area contributed by atoms with Gasteiger partial charge in [-0.2, -0.15) is 14.6 Å². The van der Waals surface area contributed by atoms with Crippen molar-refractivity contribution in [2.24, 2.45) is 0 Å². The largest absolute Gasteiger partial charge is 0.383 e. The number of allylic oxidation sites excluding steroid dienone is 1. The maximum atomic E-state index is 6.15. The minimum atomic E-state index is 0.583. The van der Waals surface area contributed by atoms with E-state index in [2.05, 4.69) is 28.6 Å². The van der Waals surface area contributed by atoms with Crippen LogP contribution >= 0.6 is 0 Å². The van der Waals surface area contributed by atoms with E-state index in [1.54, 1.807) is 4.52 Å². The summed E-state index contributed by atoms with van der Waals surface area (Å²) in [4.78, 5) is 8.59. The third kappa shape index (κ3) is 2.34. The molecule has 2 rings (SSSR count). The van der Waals surface area contributed by atoms with Gasteiger partial charge in [0.1, 0.15) is 12.1 Å². The molecular weight excluding hydrogens is 226 g/mol. The van der Waals surface area contributed by atoms with Gasteiger partial charge >= 0.3 is 0 Å². The van der Waals surface area contributed by atoms with Gasteiger partial charge in [0.05, 0.1) is 5.69 Å². The highest BCUT2D eigenvalue weighted by Crippen LogP contribution is 2.19. The van der Waals surface area contributed by atoms with Gasteiger partial charge in [-0.3, -0.25) is 0 Å². The predicted molar refractivity (Wildman–Crippen MR) is 72.3 cm³/mol. The van der Waals surface area contributed by atoms with Crippen LogP contribution in [0.3, 0.4) is 0 Å². The first-order valence-electron chi connectivity index (χ1n) is 6.35. The van der Waals surface area contributed by atoms with Crippen LogP contribution in [-0.2, 0) is 12.8 Å². The van der Waals surface area contributed by atoms with Crippen LogP contribution in [0.15, 0.2) is 19.0 Å². The predicted octanol–water partition coefficient (Wildman–Crippen LogP) is 2.17. The summed E-state index contributed by atoms with van der Waals surface area (Å²) in [5.41, 5.74) is 8.30. The second-order valence-corrected chi connectivity index (χ2v) is 4.28. The van der Waals surface area contributed by atoms with E-state index in [9.17, 15) is 0 Å². The Balaban J connectivity index is 2.28. The number of nitrogen functional groups attached to an aromatic ring is 1. The molecule has 0 aliphatic carbocycles. The van der Waals surface area contributed by atoms with E-state index >= 15 is 0 Å². The standard InChI is InChI=1S/C13H19N5/c1-3-5-6-7-8-10-11(4-2)17-13-15-9-16-18(13)12(10)14/h3,9H,1,4-8,14H2,2H3. The Morgan fingerprint density at radius 1 is 1.44 bits per heavy atom. The molecule has 5 nitrogen and oxygen atoms in total. The fourth-order valence-corrected chi connectivity index (χ4v) is 2.10. The number of hydrogen-bond donors (Lipinski definition) is 1. The van der Waals surface area contributed by atoms with E-state index in [1.807, 2.05) is 6.08 Å². The van der Waals surface area contributed by atoms with Crippen molar-refractivity contribution in [1.82, 2.24) is 19.6 Å². The molecule has 0 amide bonds. The summed E-state index contributed by atoms with van der Waals surface area (Å²) in [6.45, 7) is 5.82. The molecule has 0 aromatic carbocycles. The van der Waals surface area contributed by atoms with E-state index in [1.165, 1.54) is 6.33 Å². The summed E-state index contributed by atoms with van der Waals surface area (Å²) in [5, 5.41) is 4.10. The molecule has 0 fully saturated rings. The first-order chi connectivity index (χ1) is 8.77. The van der Waals surface area contributed by atoms with Crippen molar-refractivity contribution in [1.29, 1.82) is 0 Å². The third-order valence-corrected chi connectivity index (χ3v) is 3.07. The first-order valence-corrected chi connectivity index (χ1v) is 6.35. The molecule has 0 radical (unpaired) electrons. The lowest BCUT2D eigenvalue weighted by Gasteiger charge is -2.11. The van der Waals surface area contributed by atoms with E-state index < -0.39 is 0 Å². The smallest absolute Gasteiger partial charge is 0.254 e. The highest BCUT2D eigenvalue weighted by atomic mass is 15.3. The average Bonchev–Trinajstić information content (AvgIpc) is 2.85. The quantitative estimate of drug-likeness (QED) is 0.625. The van der Waals surface area contributed by atoms with E-state index in [4.69, 9.17) is 5.73 Å². The highest BCUT2D eigenvalue weighted by molar-refractivity contribution is 5.49. The first kappa shape index (κ1) is 12.5. The van der Waals surface area contributed by atoms with Crippen LogP contribution in [-0.4, -0.2) is 19.6 Å². The zero-order valence-electron chi connectivity index (χ0n) is 10.8. The zero-order chi connectivity index (χ0) is 13.0. The van der Waals surface area contributed by atoms with E-state index in [-0.39, 0.29) is 0 Å². The second kappa shape index (κ2) is 5.62. The molecule has 0 unspecified atom stereocenters. The van der Waals surface area contributed by atoms with Crippen molar-refractivity contribution < 1.29 is 0 Å². The van der Waals surface area contributed by atoms with Crippen LogP contribution in [0.4, 0.5) is 5.82 Å². The number of rotatable bonds is 6. The van der Waals surface area contributed by atoms with Crippen LogP contribution in [0.2, 0.25) is 0 Å². The molecule has 18 heavy (non-hydrogen) atoms. The molecule has 0 aliphatic heterocycles. The SMILES string of the molecule is C=CCCCCc1c(CC)nc2ncnn2c1N. The third-order valence-electron chi connectivity index (χ3n) is 3.07. The fraction of sp³-hybridized carbons (Fsp3) is 0.462. The molecule has 2 heterocycles. The summed E-state index contributed by atoms with van der Waals surface area (Å²) in [5.74, 6) is 1.26. The van der Waals surface area contributed by atoms with Crippen LogP contribution in [0, 0.1) is 0 Å². The summed E-state index contributed by atoms with van der Waals surface area (Å²) < 4.78 is 1.61. The summed E-state index contributed by atoms with van der Waals surface area (Å²) in [6, 6.07) is 0. The number of nitrogens with zero attached hydrogens (tertiary/aromatic N) is 4. The maximum absolute atomic E-state index is 6.15. The molecule has 5 heteroatoms. The fourth-order valence-electron chi connectivity index (χ4n) is 2.10. The Bertz CT molecular complexity index is 544. The Morgan fingerprint density at radius 3 is 3.00 bits per heavy atom. The number of unbranched alkanes of at least 4 members (excludes halogenated alkanes) is 2. The molecule has 2 N–H and O–H groups in total. The Morgan fingerprint density at radius 2 is 2.28 bits per heavy atom. The van der Waals surface area contributed by atoms with Crippen molar-refractivity contribution in [3.63, 3.8) is 0 Å². The summed E-state index contributed by atoms with van der Waals surface area (Å²) in [7, 11) is 0. The Hall–Kier alpha value is -1.91. The highest BCUT2D eigenvalue weighted by Gasteiger charge is 2.12. The average molecular weight is 245 g/mol. The van der Waals surface area contributed by atoms with Crippen LogP contribution in [0.1, 0.15) is 37.4 Å². The van der Waals surface area contributed by atoms with Crippen molar-refractivity contribution >= 4 is 11.6 Å². The van der Waals surface area contributed by atoms with Crippen molar-refractivity contribution in [3.05, 3.63) is 30.2 Å². The van der Waals surface area contributed by atoms with Gasteiger partial charge in [-0.25, -0.2) is 4.98 Å². The lowest BCUT2D eigenvalue weighted by molar-refractivity contribution is 0.733. The molecule has 0 bridgehead atoms. The minimum Gasteiger partial charge on any atom is -0.383 e. The molecule has 0 saturated carbocycles. The molecule has 0 spiro atoms. The molecular formula is C13H19N5. The number of anilines is 1. The van der Waals surface area contributed by atoms with Gasteiger partial charge in [-0.05, 0) is 32.1 Å². The molecule has 0 atom stereocenters. The number of aryl methyl sites for hydroxylation is 1. The topological polar surface area (TPSA) is 69.1 Å². The van der Waals surface area contributed by atoms with E-state index in [0.717, 1.165) is 43.4 Å². The van der Waals surface area contributed by atoms with Gasteiger partial charge in [0, 0.05) is 5.56 Å². The van der Waals surface area contributed by atoms with Gasteiger partial charge < -0.3 is 5.73 Å². The number of aromatic nitrogens is 4. The number of hydrogen-bond acceptors (Lipinski definition) is 4. The Kier molecular flexibility index (Phi) is 3.92. The van der Waals surface area contributed by atoms with Gasteiger partial charge in [-0.1, -0.05) is 13.0 Å². The second-order valence-electron chi connectivity index (χ2n) is 4.28. The van der Waals surface area contributed by atoms with E-state index in [0.29, 0.717) is 11.6 Å². The lowest BCUT2D eigenvalue weighted by atomic mass is 10.0. The lowest BCUT2D eigenvalue weighted by Crippen LogP contribution is -2.10. The minimum absolute atomic E-state index is 0.583. The van der Waals surface area contributed by atoms with Gasteiger partial charge in [0.2, 0.25) is 0 Å². The molecule has 0 saturated heterocycles. The normalized spacial score (nSPS) is 10.9. The molecule has 0 aliphatic rings. The maximum Gasteiger partial charge on any atom is 0.254 e. The molecule has 96 valence electrons. The zero-order valence-corrected chi connectivity index (χ0v) is 10.8. The van der Waals surface area contributed by atoms with Gasteiger partial charge in [-0.15, -0.1) is 6.58 Å². The van der Waals surface area contributed by atoms with Gasteiger partial charge in [0.25, 0.3) is 5.78 Å². The number of fused-ring (bicyclic) bond motifs is 1. The number of nitrogens with two attached hydrogens (primary N) is 1. The van der Waals surface area contributed by atoms with Crippen LogP contribution in [0.5, 0.6) is 0 Å². The summed E-state index contributed by atoms with van der Waals surface area (Å²) >= 11 is 0. The summed E-state index contributed by atoms with van der Waals surface area (Å²) in [6.07, 6.45) is 8.49. The van der Waals surface area contributed by atoms with Gasteiger partial charge in [0.15, 0.2) is 0 Å². The molecule has 2 aromatic rings. The van der Waals surface area contributed by atoms with Crippen LogP contribution in [0.25, 0.3) is 5.78 Å². The Labute approximate surface area is 107 Å². The molecule has 2 aromatic heterocycles. The van der Waals surface area contributed by atoms with Crippen molar-refractivity contribution in [3.8, 4) is 0 Å². The van der Waals surface area contributed by atoms with Crippen molar-refractivity contribution in [2.75, 3.05) is 5.73 Å². The monoisotopic (exact) mass is 245 g/mol. The van der Waals surface area contributed by atoms with Crippen molar-refractivity contribution in [2.45, 2.75) is 39.0 Å². The van der Waals surface area contributed by atoms with Crippen LogP contribution < -0.4 is 5.73 Å².